The highest BCUT2D eigenvalue weighted by molar-refractivity contribution is 9.10. The molecule has 2 aromatic carbocycles. The van der Waals surface area contributed by atoms with Crippen LogP contribution in [0.25, 0.3) is 0 Å². The molecule has 2 rings (SSSR count). The van der Waals surface area contributed by atoms with E-state index in [2.05, 4.69) is 21.2 Å². The third-order valence-corrected chi connectivity index (χ3v) is 7.11. The van der Waals surface area contributed by atoms with Crippen LogP contribution in [0.4, 0.5) is 5.69 Å². The second kappa shape index (κ2) is 12.4. The third-order valence-electron chi connectivity index (χ3n) is 5.40. The van der Waals surface area contributed by atoms with Crippen LogP contribution in [0.3, 0.4) is 0 Å². The average Bonchev–Trinajstić information content (AvgIpc) is 2.75. The fourth-order valence-corrected chi connectivity index (χ4v) is 4.89. The Bertz CT molecular complexity index is 1090. The lowest BCUT2D eigenvalue weighted by Crippen LogP contribution is -2.49. The smallest absolute Gasteiger partial charge is 0.242 e. The molecule has 0 aromatic heterocycles. The van der Waals surface area contributed by atoms with E-state index in [-0.39, 0.29) is 37.4 Å². The van der Waals surface area contributed by atoms with Gasteiger partial charge in [-0.3, -0.25) is 13.9 Å². The number of rotatable bonds is 11. The highest BCUT2D eigenvalue weighted by Gasteiger charge is 2.27. The molecule has 0 saturated carbocycles. The topological polar surface area (TPSA) is 86.8 Å². The Hall–Kier alpha value is -2.39. The van der Waals surface area contributed by atoms with Gasteiger partial charge in [-0.2, -0.15) is 0 Å². The highest BCUT2D eigenvalue weighted by atomic mass is 79.9. The van der Waals surface area contributed by atoms with Crippen LogP contribution < -0.4 is 9.62 Å². The Kier molecular flexibility index (Phi) is 10.1. The number of sulfonamides is 1. The Labute approximate surface area is 211 Å². The summed E-state index contributed by atoms with van der Waals surface area (Å²) in [6, 6.07) is 14.1. The zero-order valence-corrected chi connectivity index (χ0v) is 22.8. The molecule has 9 heteroatoms. The molecule has 1 unspecified atom stereocenters. The van der Waals surface area contributed by atoms with Gasteiger partial charge in [0.1, 0.15) is 6.04 Å². The largest absolute Gasteiger partial charge is 0.352 e. The number of hydrogen-bond donors (Lipinski definition) is 1. The molecular formula is C25H34BrN3O4S. The summed E-state index contributed by atoms with van der Waals surface area (Å²) < 4.78 is 27.1. The first-order valence-electron chi connectivity index (χ1n) is 11.3. The van der Waals surface area contributed by atoms with E-state index in [1.165, 1.54) is 10.6 Å². The lowest BCUT2D eigenvalue weighted by Gasteiger charge is -2.30. The van der Waals surface area contributed by atoms with Gasteiger partial charge in [-0.05, 0) is 63.4 Å². The number of carbonyl (C=O) groups is 2. The van der Waals surface area contributed by atoms with Gasteiger partial charge in [0.05, 0.1) is 11.9 Å². The molecule has 1 atom stereocenters. The lowest BCUT2D eigenvalue weighted by molar-refractivity contribution is -0.140. The first-order chi connectivity index (χ1) is 15.9. The molecule has 7 nitrogen and oxygen atoms in total. The number of carbonyl (C=O) groups excluding carboxylic acids is 2. The van der Waals surface area contributed by atoms with Gasteiger partial charge in [-0.15, -0.1) is 0 Å². The molecule has 0 bridgehead atoms. The van der Waals surface area contributed by atoms with Crippen LogP contribution in [-0.4, -0.2) is 50.0 Å². The Morgan fingerprint density at radius 2 is 1.65 bits per heavy atom. The molecule has 0 aliphatic carbocycles. The van der Waals surface area contributed by atoms with Gasteiger partial charge in [0.25, 0.3) is 0 Å². The van der Waals surface area contributed by atoms with Crippen molar-refractivity contribution in [3.05, 3.63) is 64.1 Å². The van der Waals surface area contributed by atoms with Gasteiger partial charge in [-0.25, -0.2) is 8.42 Å². The summed E-state index contributed by atoms with van der Waals surface area (Å²) in [5, 5.41) is 2.87. The molecule has 0 aliphatic rings. The van der Waals surface area contributed by atoms with Gasteiger partial charge < -0.3 is 10.2 Å². The Balaban J connectivity index is 2.17. The fourth-order valence-electron chi connectivity index (χ4n) is 3.60. The molecule has 34 heavy (non-hydrogen) atoms. The number of nitrogens with one attached hydrogen (secondary N) is 1. The van der Waals surface area contributed by atoms with Crippen LogP contribution in [0.15, 0.2) is 53.0 Å². The van der Waals surface area contributed by atoms with Crippen molar-refractivity contribution >= 4 is 43.5 Å². The van der Waals surface area contributed by atoms with E-state index in [4.69, 9.17) is 0 Å². The number of para-hydroxylation sites is 1. The van der Waals surface area contributed by atoms with Crippen LogP contribution in [0, 0.1) is 6.92 Å². The molecule has 186 valence electrons. The highest BCUT2D eigenvalue weighted by Crippen LogP contribution is 2.23. The van der Waals surface area contributed by atoms with E-state index in [1.54, 1.807) is 24.0 Å². The van der Waals surface area contributed by atoms with Gasteiger partial charge in [0.15, 0.2) is 0 Å². The first-order valence-corrected chi connectivity index (χ1v) is 13.9. The minimum atomic E-state index is -3.51. The van der Waals surface area contributed by atoms with Gasteiger partial charge in [0.2, 0.25) is 21.8 Å². The van der Waals surface area contributed by atoms with Crippen molar-refractivity contribution in [2.45, 2.75) is 59.2 Å². The zero-order valence-electron chi connectivity index (χ0n) is 20.4. The summed E-state index contributed by atoms with van der Waals surface area (Å²) in [5.41, 5.74) is 2.35. The Morgan fingerprint density at radius 3 is 2.21 bits per heavy atom. The van der Waals surface area contributed by atoms with Crippen LogP contribution in [-0.2, 0) is 26.2 Å². The van der Waals surface area contributed by atoms with E-state index in [9.17, 15) is 18.0 Å². The van der Waals surface area contributed by atoms with E-state index in [0.29, 0.717) is 12.1 Å². The standard InChI is InChI=1S/C25H34BrN3O4S/c1-18(2)27-25(31)20(4)28(17-21-12-14-22(26)15-13-21)24(30)11-8-16-29(34(5,32)33)23-10-7-6-9-19(23)3/h6-7,9-10,12-15,18,20H,8,11,16-17H2,1-5H3,(H,27,31). The number of halogens is 1. The first kappa shape index (κ1) is 27.9. The second-order valence-corrected chi connectivity index (χ2v) is 11.5. The summed E-state index contributed by atoms with van der Waals surface area (Å²) in [6.07, 6.45) is 1.61. The number of anilines is 1. The Morgan fingerprint density at radius 1 is 1.03 bits per heavy atom. The van der Waals surface area contributed by atoms with E-state index >= 15 is 0 Å². The van der Waals surface area contributed by atoms with Crippen LogP contribution in [0.2, 0.25) is 0 Å². The number of amides is 2. The molecule has 1 N–H and O–H groups in total. The summed E-state index contributed by atoms with van der Waals surface area (Å²) >= 11 is 3.41. The number of hydrogen-bond acceptors (Lipinski definition) is 4. The third kappa shape index (κ3) is 8.13. The molecule has 0 saturated heterocycles. The van der Waals surface area contributed by atoms with E-state index in [1.807, 2.05) is 57.2 Å². The number of aryl methyl sites for hydroxylation is 1. The predicted molar refractivity (Wildman–Crippen MR) is 140 cm³/mol. The molecule has 0 spiro atoms. The molecule has 0 heterocycles. The second-order valence-electron chi connectivity index (χ2n) is 8.71. The maximum Gasteiger partial charge on any atom is 0.242 e. The monoisotopic (exact) mass is 551 g/mol. The SMILES string of the molecule is Cc1ccccc1N(CCCC(=O)N(Cc1ccc(Br)cc1)C(C)C(=O)NC(C)C)S(C)(=O)=O. The number of benzene rings is 2. The maximum atomic E-state index is 13.2. The van der Waals surface area contributed by atoms with Gasteiger partial charge in [0, 0.05) is 30.0 Å². The van der Waals surface area contributed by atoms with Crippen molar-refractivity contribution < 1.29 is 18.0 Å². The number of nitrogens with zero attached hydrogens (tertiary/aromatic N) is 2. The van der Waals surface area contributed by atoms with Crippen molar-refractivity contribution in [2.75, 3.05) is 17.1 Å². The van der Waals surface area contributed by atoms with E-state index < -0.39 is 16.1 Å². The molecule has 0 aliphatic heterocycles. The van der Waals surface area contributed by atoms with Crippen LogP contribution in [0.1, 0.15) is 44.7 Å². The minimum absolute atomic E-state index is 0.0444. The molecule has 2 aromatic rings. The molecule has 0 fully saturated rings. The molecular weight excluding hydrogens is 518 g/mol. The zero-order chi connectivity index (χ0) is 25.5. The van der Waals surface area contributed by atoms with Crippen molar-refractivity contribution in [2.24, 2.45) is 0 Å². The predicted octanol–water partition coefficient (Wildman–Crippen LogP) is 4.25. The summed E-state index contributed by atoms with van der Waals surface area (Å²) in [5.74, 6) is -0.425. The lowest BCUT2D eigenvalue weighted by atomic mass is 10.1. The van der Waals surface area contributed by atoms with Crippen LogP contribution >= 0.6 is 15.9 Å². The van der Waals surface area contributed by atoms with E-state index in [0.717, 1.165) is 15.6 Å². The average molecular weight is 553 g/mol. The van der Waals surface area contributed by atoms with Crippen molar-refractivity contribution in [3.63, 3.8) is 0 Å². The minimum Gasteiger partial charge on any atom is -0.352 e. The van der Waals surface area contributed by atoms with Crippen molar-refractivity contribution in [1.82, 2.24) is 10.2 Å². The van der Waals surface area contributed by atoms with Gasteiger partial charge in [-0.1, -0.05) is 46.3 Å². The quantitative estimate of drug-likeness (QED) is 0.452. The molecule has 2 amide bonds. The summed E-state index contributed by atoms with van der Waals surface area (Å²) in [4.78, 5) is 27.5. The van der Waals surface area contributed by atoms with Gasteiger partial charge >= 0.3 is 0 Å². The normalized spacial score (nSPS) is 12.3. The van der Waals surface area contributed by atoms with Crippen molar-refractivity contribution in [1.29, 1.82) is 0 Å². The summed E-state index contributed by atoms with van der Waals surface area (Å²) in [6.45, 7) is 7.77. The van der Waals surface area contributed by atoms with Crippen molar-refractivity contribution in [3.8, 4) is 0 Å². The summed E-state index contributed by atoms with van der Waals surface area (Å²) in [7, 11) is -3.51. The van der Waals surface area contributed by atoms with Crippen LogP contribution in [0.5, 0.6) is 0 Å². The maximum absolute atomic E-state index is 13.2. The molecule has 0 radical (unpaired) electrons. The fraction of sp³-hybridized carbons (Fsp3) is 0.440.